The normalized spacial score (nSPS) is 13.0. The Morgan fingerprint density at radius 3 is 0.769 bits per heavy atom. The van der Waals surface area contributed by atoms with Crippen molar-refractivity contribution in [1.82, 2.24) is 0 Å². The number of carboxylic acids is 2. The third-order valence-electron chi connectivity index (χ3n) is 9.27. The summed E-state index contributed by atoms with van der Waals surface area (Å²) < 4.78 is 0. The van der Waals surface area contributed by atoms with Gasteiger partial charge in [0.25, 0.3) is 0 Å². The second-order valence-corrected chi connectivity index (χ2v) is 22.0. The Balaban J connectivity index is 0. The second kappa shape index (κ2) is 30.1. The number of hydrogen-bond donors (Lipinski definition) is 8. The van der Waals surface area contributed by atoms with Gasteiger partial charge in [-0.25, -0.2) is 9.59 Å². The van der Waals surface area contributed by atoms with Gasteiger partial charge in [-0.2, -0.15) is 0 Å². The smallest absolute Gasteiger partial charge is 0.336 e. The molecule has 1 rings (SSSR count). The second-order valence-electron chi connectivity index (χ2n) is 14.8. The third kappa shape index (κ3) is 33.4. The molecule has 1 aromatic carbocycles. The largest absolute Gasteiger partial charge is 0.478 e. The van der Waals surface area contributed by atoms with Gasteiger partial charge in [0.2, 0.25) is 0 Å². The van der Waals surface area contributed by atoms with Gasteiger partial charge in [0.1, 0.15) is 0 Å². The Morgan fingerprint density at radius 1 is 0.385 bits per heavy atom. The quantitative estimate of drug-likeness (QED) is 0.0275. The molecule has 0 aliphatic rings. The summed E-state index contributed by atoms with van der Waals surface area (Å²) in [6.45, 7) is 8.73. The number of rotatable bonds is 30. The van der Waals surface area contributed by atoms with Crippen LogP contribution in [0.25, 0.3) is 0 Å². The van der Waals surface area contributed by atoms with Crippen molar-refractivity contribution in [1.29, 1.82) is 0 Å². The number of aromatic carboxylic acids is 2. The Kier molecular flexibility index (Phi) is 30.6. The third-order valence-corrected chi connectivity index (χ3v) is 14.2. The van der Waals surface area contributed by atoms with E-state index in [1.54, 1.807) is 0 Å². The van der Waals surface area contributed by atoms with Crippen molar-refractivity contribution in [3.05, 3.63) is 35.4 Å². The molecule has 1 aromatic rings. The molecule has 0 unspecified atom stereocenters. The summed E-state index contributed by atoms with van der Waals surface area (Å²) >= 11 is 0. The maximum atomic E-state index is 10.5. The predicted octanol–water partition coefficient (Wildman–Crippen LogP) is 11.0. The molecule has 8 N–H and O–H groups in total. The summed E-state index contributed by atoms with van der Waals surface area (Å²) in [5.74, 6) is -2.46. The van der Waals surface area contributed by atoms with Gasteiger partial charge < -0.3 is 10.2 Å². The maximum absolute atomic E-state index is 10.5. The molecule has 310 valence electrons. The zero-order valence-electron chi connectivity index (χ0n) is 33.4. The summed E-state index contributed by atoms with van der Waals surface area (Å²) in [5, 5.41) is 17.1. The van der Waals surface area contributed by atoms with Crippen LogP contribution in [0.4, 0.5) is 0 Å². The van der Waals surface area contributed by atoms with E-state index in [1.807, 2.05) is 0 Å². The average molecular weight is 783 g/mol. The van der Waals surface area contributed by atoms with Crippen LogP contribution in [0.3, 0.4) is 0 Å². The number of unbranched alkanes of at least 4 members (excludes halogenated alkanes) is 20. The van der Waals surface area contributed by atoms with Gasteiger partial charge in [0.15, 0.2) is 0 Å². The van der Waals surface area contributed by atoms with Crippen molar-refractivity contribution in [3.8, 4) is 0 Å². The fraction of sp³-hybridized carbons (Fsp3) is 0.800. The predicted molar refractivity (Wildman–Crippen MR) is 220 cm³/mol. The van der Waals surface area contributed by atoms with Crippen LogP contribution in [0.2, 0.25) is 0 Å². The minimum absolute atomic E-state index is 0.190. The van der Waals surface area contributed by atoms with Crippen molar-refractivity contribution in [3.63, 3.8) is 0 Å². The van der Waals surface area contributed by atoms with Crippen molar-refractivity contribution in [2.45, 2.75) is 182 Å². The van der Waals surface area contributed by atoms with E-state index in [4.69, 9.17) is 10.2 Å². The molecule has 10 nitrogen and oxygen atoms in total. The molecule has 0 fully saturated rings. The van der Waals surface area contributed by atoms with E-state index in [1.165, 1.54) is 101 Å². The van der Waals surface area contributed by atoms with Crippen molar-refractivity contribution in [2.75, 3.05) is 24.6 Å². The Morgan fingerprint density at radius 2 is 0.577 bits per heavy atom. The van der Waals surface area contributed by atoms with Crippen LogP contribution in [-0.4, -0.2) is 76.2 Å². The van der Waals surface area contributed by atoms with Gasteiger partial charge in [-0.1, -0.05) is 12.1 Å². The van der Waals surface area contributed by atoms with E-state index >= 15 is 0 Å². The minimum atomic E-state index is -4.31. The van der Waals surface area contributed by atoms with E-state index in [9.17, 15) is 38.9 Å². The summed E-state index contributed by atoms with van der Waals surface area (Å²) in [6.07, 6.45) is 27.0. The standard InChI is InChI=1S/2C16H37O3P.C8H6O4/c2*1-3-5-7-9-11-13-15-20(17,18,19)16-14-12-10-8-6-4-2;9-7(10)5-3-1-2-4-6(5)8(11)12/h2*17-19H,3-16H2,1-2H3;1-4H,(H,9,10)(H,11,12). The summed E-state index contributed by atoms with van der Waals surface area (Å²) in [7, 11) is -8.62. The fourth-order valence-corrected chi connectivity index (χ4v) is 9.88. The van der Waals surface area contributed by atoms with Crippen LogP contribution in [0.5, 0.6) is 0 Å². The molecular formula is C40H80O10P2. The van der Waals surface area contributed by atoms with E-state index in [0.29, 0.717) is 0 Å². The number of carbonyl (C=O) groups is 2. The maximum Gasteiger partial charge on any atom is 0.336 e. The Labute approximate surface area is 316 Å². The number of benzene rings is 1. The molecule has 0 aliphatic carbocycles. The van der Waals surface area contributed by atoms with Gasteiger partial charge in [0, 0.05) is 0 Å². The van der Waals surface area contributed by atoms with E-state index in [-0.39, 0.29) is 35.8 Å². The summed E-state index contributed by atoms with van der Waals surface area (Å²) in [6, 6.07) is 5.48. The zero-order valence-corrected chi connectivity index (χ0v) is 35.2. The van der Waals surface area contributed by atoms with E-state index in [0.717, 1.165) is 77.0 Å². The van der Waals surface area contributed by atoms with Crippen LogP contribution in [0, 0.1) is 0 Å². The molecule has 0 atom stereocenters. The van der Waals surface area contributed by atoms with Crippen LogP contribution in [0.1, 0.15) is 203 Å². The van der Waals surface area contributed by atoms with Gasteiger partial charge in [-0.05, 0) is 12.1 Å². The minimum Gasteiger partial charge on any atom is -0.478 e. The molecule has 0 heterocycles. The van der Waals surface area contributed by atoms with E-state index in [2.05, 4.69) is 27.7 Å². The molecule has 0 bridgehead atoms. The molecule has 52 heavy (non-hydrogen) atoms. The van der Waals surface area contributed by atoms with E-state index < -0.39 is 26.5 Å². The molecule has 0 amide bonds. The van der Waals surface area contributed by atoms with Crippen LogP contribution in [0.15, 0.2) is 24.3 Å². The molecule has 0 aliphatic heterocycles. The Hall–Kier alpha value is -1.22. The molecule has 0 spiro atoms. The van der Waals surface area contributed by atoms with Crippen LogP contribution in [-0.2, 0) is 0 Å². The first kappa shape index (κ1) is 52.9. The van der Waals surface area contributed by atoms with Crippen molar-refractivity contribution in [2.24, 2.45) is 0 Å². The first-order chi connectivity index (χ1) is 24.4. The van der Waals surface area contributed by atoms with Gasteiger partial charge >= 0.3 is 262 Å². The average Bonchev–Trinajstić information content (AvgIpc) is 3.07. The number of carboxylic acid groups (broad SMARTS) is 2. The first-order valence-corrected chi connectivity index (χ1v) is 25.4. The van der Waals surface area contributed by atoms with Gasteiger partial charge in [-0.15, -0.1) is 0 Å². The molecule has 0 radical (unpaired) electrons. The monoisotopic (exact) mass is 783 g/mol. The summed E-state index contributed by atoms with van der Waals surface area (Å²) in [4.78, 5) is 81.1. The zero-order chi connectivity index (χ0) is 39.8. The topological polar surface area (TPSA) is 196 Å². The van der Waals surface area contributed by atoms with Crippen molar-refractivity contribution >= 4 is 26.5 Å². The molecule has 0 saturated heterocycles. The molecule has 0 saturated carbocycles. The van der Waals surface area contributed by atoms with Gasteiger partial charge in [0.05, 0.1) is 11.1 Å². The van der Waals surface area contributed by atoms with Crippen LogP contribution < -0.4 is 0 Å². The molecule has 12 heteroatoms. The number of hydrogen-bond acceptors (Lipinski definition) is 8. The fourth-order valence-electron chi connectivity index (χ4n) is 5.94. The summed E-state index contributed by atoms with van der Waals surface area (Å²) in [5.41, 5.74) is -0.380. The SMILES string of the molecule is CCCCCCCCP(O)(O)(O)CCCCCCCC.CCCCCCCCP(O)(O)(O)CCCCCCCC.O=C(O)c1ccccc1C(=O)O. The van der Waals surface area contributed by atoms with Gasteiger partial charge in [-0.3, -0.25) is 0 Å². The molecular weight excluding hydrogens is 702 g/mol. The molecule has 0 aromatic heterocycles. The first-order valence-electron chi connectivity index (χ1n) is 20.5. The van der Waals surface area contributed by atoms with Crippen molar-refractivity contribution < 1.29 is 49.2 Å². The van der Waals surface area contributed by atoms with Crippen LogP contribution >= 0.6 is 14.6 Å². The Bertz CT molecular complexity index is 913.